The fourth-order valence-corrected chi connectivity index (χ4v) is 3.26. The molecule has 0 saturated heterocycles. The molecule has 0 atom stereocenters. The van der Waals surface area contributed by atoms with Crippen molar-refractivity contribution < 1.29 is 0 Å². The Kier molecular flexibility index (Phi) is 2.76. The second-order valence-electron chi connectivity index (χ2n) is 2.30. The van der Waals surface area contributed by atoms with Crippen molar-refractivity contribution in [2.24, 2.45) is 0 Å². The molecule has 0 aliphatic rings. The molecule has 0 aromatic carbocycles. The average molecular weight is 268 g/mol. The summed E-state index contributed by atoms with van der Waals surface area (Å²) in [4.78, 5) is 3.04. The van der Waals surface area contributed by atoms with E-state index in [1.807, 2.05) is 11.4 Å². The van der Waals surface area contributed by atoms with Crippen LogP contribution < -0.4 is 0 Å². The Morgan fingerprint density at radius 2 is 2.15 bits per heavy atom. The molecule has 1 nitrogen and oxygen atoms in total. The van der Waals surface area contributed by atoms with E-state index in [2.05, 4.69) is 4.98 Å². The minimum Gasteiger partial charge on any atom is -0.337 e. The number of halogens is 2. The molecule has 13 heavy (non-hydrogen) atoms. The first-order valence-corrected chi connectivity index (χ1v) is 6.16. The van der Waals surface area contributed by atoms with Gasteiger partial charge in [-0.2, -0.15) is 0 Å². The van der Waals surface area contributed by atoms with Gasteiger partial charge in [-0.25, -0.2) is 0 Å². The molecule has 2 rings (SSSR count). The normalized spacial score (nSPS) is 10.6. The number of aromatic nitrogens is 1. The van der Waals surface area contributed by atoms with Gasteiger partial charge < -0.3 is 4.98 Å². The molecular formula is C7H3Cl2NS3. The monoisotopic (exact) mass is 267 g/mol. The molecule has 0 amide bonds. The van der Waals surface area contributed by atoms with Crippen LogP contribution >= 0.6 is 58.1 Å². The van der Waals surface area contributed by atoms with Crippen molar-refractivity contribution in [2.75, 3.05) is 0 Å². The molecule has 68 valence electrons. The molecule has 0 radical (unpaired) electrons. The number of thiophene rings is 1. The van der Waals surface area contributed by atoms with Crippen LogP contribution in [0.15, 0.2) is 11.4 Å². The highest BCUT2D eigenvalue weighted by atomic mass is 35.5. The van der Waals surface area contributed by atoms with E-state index < -0.39 is 0 Å². The molecular weight excluding hydrogens is 265 g/mol. The maximum absolute atomic E-state index is 5.97. The summed E-state index contributed by atoms with van der Waals surface area (Å²) in [6, 6.07) is 1.84. The van der Waals surface area contributed by atoms with E-state index in [0.29, 0.717) is 8.67 Å². The molecule has 0 aliphatic heterocycles. The van der Waals surface area contributed by atoms with Crippen LogP contribution in [0.5, 0.6) is 0 Å². The first kappa shape index (κ1) is 9.68. The fourth-order valence-electron chi connectivity index (χ4n) is 0.936. The van der Waals surface area contributed by atoms with Gasteiger partial charge in [0, 0.05) is 10.9 Å². The first-order chi connectivity index (χ1) is 6.16. The Hall–Kier alpha value is 0.130. The van der Waals surface area contributed by atoms with Gasteiger partial charge in [-0.05, 0) is 18.3 Å². The Balaban J connectivity index is 2.57. The summed E-state index contributed by atoms with van der Waals surface area (Å²) in [5, 5.41) is 1.94. The van der Waals surface area contributed by atoms with E-state index >= 15 is 0 Å². The van der Waals surface area contributed by atoms with Crippen molar-refractivity contribution in [3.05, 3.63) is 24.1 Å². The topological polar surface area (TPSA) is 15.8 Å². The lowest BCUT2D eigenvalue weighted by Crippen LogP contribution is -1.71. The molecule has 1 N–H and O–H groups in total. The largest absolute Gasteiger partial charge is 0.337 e. The second-order valence-corrected chi connectivity index (χ2v) is 6.13. The average Bonchev–Trinajstić information content (AvgIpc) is 2.58. The quantitative estimate of drug-likeness (QED) is 0.731. The Morgan fingerprint density at radius 1 is 1.38 bits per heavy atom. The van der Waals surface area contributed by atoms with E-state index in [0.717, 1.165) is 15.2 Å². The summed E-state index contributed by atoms with van der Waals surface area (Å²) in [5.74, 6) is 0. The standard InChI is InChI=1S/C7H3Cl2NS3/c8-5-1-3(6(9)13-5)4-2-12-7(11)10-4/h1-2H,(H,10,11). The SMILES string of the molecule is S=c1[nH]c(-c2cc(Cl)sc2Cl)cs1. The van der Waals surface area contributed by atoms with Gasteiger partial charge in [0.15, 0.2) is 3.95 Å². The molecule has 2 aromatic rings. The number of hydrogen-bond donors (Lipinski definition) is 1. The van der Waals surface area contributed by atoms with Gasteiger partial charge in [-0.3, -0.25) is 0 Å². The van der Waals surface area contributed by atoms with Gasteiger partial charge in [0.1, 0.15) is 4.34 Å². The van der Waals surface area contributed by atoms with E-state index in [4.69, 9.17) is 35.4 Å². The highest BCUT2D eigenvalue weighted by molar-refractivity contribution is 7.73. The summed E-state index contributed by atoms with van der Waals surface area (Å²) in [5.41, 5.74) is 1.85. The van der Waals surface area contributed by atoms with Crippen LogP contribution in [0.2, 0.25) is 8.67 Å². The summed E-state index contributed by atoms with van der Waals surface area (Å²) >= 11 is 19.6. The number of nitrogens with one attached hydrogen (secondary N) is 1. The molecule has 0 unspecified atom stereocenters. The predicted octanol–water partition coefficient (Wildman–Crippen LogP) is 4.84. The van der Waals surface area contributed by atoms with Crippen LogP contribution in [0.3, 0.4) is 0 Å². The second kappa shape index (κ2) is 3.71. The summed E-state index contributed by atoms with van der Waals surface area (Å²) in [7, 11) is 0. The maximum atomic E-state index is 5.97. The highest BCUT2D eigenvalue weighted by Gasteiger charge is 2.08. The number of rotatable bonds is 1. The van der Waals surface area contributed by atoms with E-state index in [9.17, 15) is 0 Å². The lowest BCUT2D eigenvalue weighted by Gasteiger charge is -1.90. The van der Waals surface area contributed by atoms with Gasteiger partial charge in [-0.15, -0.1) is 22.7 Å². The first-order valence-electron chi connectivity index (χ1n) is 3.30. The lowest BCUT2D eigenvalue weighted by molar-refractivity contribution is 1.40. The molecule has 0 bridgehead atoms. The molecule has 0 spiro atoms. The number of hydrogen-bond acceptors (Lipinski definition) is 3. The molecule has 0 saturated carbocycles. The highest BCUT2D eigenvalue weighted by Crippen LogP contribution is 2.37. The smallest absolute Gasteiger partial charge is 0.158 e. The van der Waals surface area contributed by atoms with Crippen molar-refractivity contribution in [3.63, 3.8) is 0 Å². The van der Waals surface area contributed by atoms with Crippen LogP contribution in [-0.4, -0.2) is 4.98 Å². The van der Waals surface area contributed by atoms with Crippen molar-refractivity contribution in [1.82, 2.24) is 4.98 Å². The molecule has 2 heterocycles. The van der Waals surface area contributed by atoms with E-state index in [1.165, 1.54) is 22.7 Å². The van der Waals surface area contributed by atoms with Crippen LogP contribution in [-0.2, 0) is 0 Å². The molecule has 2 aromatic heterocycles. The zero-order valence-corrected chi connectivity index (χ0v) is 10.1. The van der Waals surface area contributed by atoms with E-state index in [-0.39, 0.29) is 0 Å². The zero-order valence-electron chi connectivity index (χ0n) is 6.14. The summed E-state index contributed by atoms with van der Waals surface area (Å²) in [6.07, 6.45) is 0. The minimum atomic E-state index is 0.686. The molecule has 0 aliphatic carbocycles. The molecule has 0 fully saturated rings. The van der Waals surface area contributed by atoms with Gasteiger partial charge >= 0.3 is 0 Å². The lowest BCUT2D eigenvalue weighted by atomic mass is 10.3. The Bertz CT molecular complexity index is 482. The Morgan fingerprint density at radius 3 is 2.62 bits per heavy atom. The summed E-state index contributed by atoms with van der Waals surface area (Å²) in [6.45, 7) is 0. The van der Waals surface area contributed by atoms with Gasteiger partial charge in [0.25, 0.3) is 0 Å². The van der Waals surface area contributed by atoms with Gasteiger partial charge in [-0.1, -0.05) is 23.2 Å². The predicted molar refractivity (Wildman–Crippen MR) is 62.8 cm³/mol. The van der Waals surface area contributed by atoms with Crippen molar-refractivity contribution in [1.29, 1.82) is 0 Å². The minimum absolute atomic E-state index is 0.686. The zero-order chi connectivity index (χ0) is 9.42. The van der Waals surface area contributed by atoms with Gasteiger partial charge in [0.05, 0.1) is 10.0 Å². The van der Waals surface area contributed by atoms with Crippen LogP contribution in [0.4, 0.5) is 0 Å². The Labute approximate surface area is 98.0 Å². The maximum Gasteiger partial charge on any atom is 0.158 e. The fraction of sp³-hybridized carbons (Fsp3) is 0. The van der Waals surface area contributed by atoms with Crippen LogP contribution in [0, 0.1) is 3.95 Å². The number of aromatic amines is 1. The summed E-state index contributed by atoms with van der Waals surface area (Å²) < 4.78 is 2.12. The van der Waals surface area contributed by atoms with E-state index in [1.54, 1.807) is 0 Å². The third-order valence-electron chi connectivity index (χ3n) is 1.47. The van der Waals surface area contributed by atoms with Gasteiger partial charge in [0.2, 0.25) is 0 Å². The van der Waals surface area contributed by atoms with Crippen LogP contribution in [0.1, 0.15) is 0 Å². The van der Waals surface area contributed by atoms with Crippen molar-refractivity contribution in [2.45, 2.75) is 0 Å². The third-order valence-corrected chi connectivity index (χ3v) is 4.02. The number of H-pyrrole nitrogens is 1. The van der Waals surface area contributed by atoms with Crippen molar-refractivity contribution in [3.8, 4) is 11.3 Å². The van der Waals surface area contributed by atoms with Crippen molar-refractivity contribution >= 4 is 58.1 Å². The van der Waals surface area contributed by atoms with Crippen LogP contribution in [0.25, 0.3) is 11.3 Å². The molecule has 6 heteroatoms. The number of thiazole rings is 1. The third kappa shape index (κ3) is 1.97.